The summed E-state index contributed by atoms with van der Waals surface area (Å²) < 4.78 is 0. The van der Waals surface area contributed by atoms with Crippen molar-refractivity contribution in [1.29, 1.82) is 0 Å². The van der Waals surface area contributed by atoms with E-state index in [1.54, 1.807) is 19.1 Å². The van der Waals surface area contributed by atoms with E-state index in [1.807, 2.05) is 42.5 Å². The Bertz CT molecular complexity index is 591. The molecule has 0 aliphatic carbocycles. The first-order valence-corrected chi connectivity index (χ1v) is 6.03. The van der Waals surface area contributed by atoms with Crippen molar-refractivity contribution in [2.24, 2.45) is 0 Å². The Morgan fingerprint density at radius 1 is 1.00 bits per heavy atom. The van der Waals surface area contributed by atoms with E-state index in [2.05, 4.69) is 11.8 Å². The lowest BCUT2D eigenvalue weighted by Crippen LogP contribution is -2.18. The molecule has 90 valence electrons. The maximum Gasteiger partial charge on any atom is 0.149 e. The topological polar surface area (TPSA) is 20.2 Å². The monoisotopic (exact) mass is 256 g/mol. The fraction of sp³-hybridized carbons (Fsp3) is 0.125. The molecule has 0 aromatic heterocycles. The highest BCUT2D eigenvalue weighted by Crippen LogP contribution is 2.27. The van der Waals surface area contributed by atoms with Gasteiger partial charge >= 0.3 is 0 Å². The van der Waals surface area contributed by atoms with Crippen LogP contribution in [0.15, 0.2) is 54.6 Å². The molecule has 0 bridgehead atoms. The van der Waals surface area contributed by atoms with E-state index in [-0.39, 0.29) is 0 Å². The molecule has 0 fully saturated rings. The molecule has 0 aliphatic rings. The molecule has 0 heterocycles. The second-order valence-corrected chi connectivity index (χ2v) is 4.58. The molecule has 1 nitrogen and oxygen atoms in total. The third-order valence-electron chi connectivity index (χ3n) is 2.62. The van der Waals surface area contributed by atoms with Crippen LogP contribution in [0, 0.1) is 11.8 Å². The molecule has 0 saturated carbocycles. The molecular formula is C16H13ClO. The minimum absolute atomic E-state index is 0.518. The Balaban J connectivity index is 2.34. The Kier molecular flexibility index (Phi) is 3.72. The van der Waals surface area contributed by atoms with Gasteiger partial charge in [0.1, 0.15) is 5.60 Å². The van der Waals surface area contributed by atoms with E-state index < -0.39 is 5.60 Å². The Hall–Kier alpha value is -1.75. The van der Waals surface area contributed by atoms with Crippen molar-refractivity contribution < 1.29 is 5.11 Å². The van der Waals surface area contributed by atoms with Gasteiger partial charge in [-0.3, -0.25) is 0 Å². The summed E-state index contributed by atoms with van der Waals surface area (Å²) in [5.74, 6) is 5.81. The molecule has 0 radical (unpaired) electrons. The van der Waals surface area contributed by atoms with Crippen molar-refractivity contribution in [3.05, 3.63) is 70.7 Å². The maximum atomic E-state index is 10.4. The Labute approximate surface area is 112 Å². The van der Waals surface area contributed by atoms with Crippen LogP contribution in [0.25, 0.3) is 0 Å². The minimum atomic E-state index is -1.26. The highest BCUT2D eigenvalue weighted by molar-refractivity contribution is 6.31. The zero-order valence-corrected chi connectivity index (χ0v) is 10.8. The first-order valence-electron chi connectivity index (χ1n) is 5.65. The molecular weight excluding hydrogens is 244 g/mol. The third kappa shape index (κ3) is 2.92. The molecule has 2 aromatic carbocycles. The zero-order valence-electron chi connectivity index (χ0n) is 10.0. The zero-order chi connectivity index (χ0) is 13.0. The molecule has 2 heteroatoms. The first-order chi connectivity index (χ1) is 8.59. The summed E-state index contributed by atoms with van der Waals surface area (Å²) in [6.45, 7) is 1.64. The number of benzene rings is 2. The Morgan fingerprint density at radius 3 is 2.28 bits per heavy atom. The van der Waals surface area contributed by atoms with Crippen molar-refractivity contribution in [2.75, 3.05) is 0 Å². The fourth-order valence-electron chi connectivity index (χ4n) is 1.64. The third-order valence-corrected chi connectivity index (χ3v) is 2.95. The lowest BCUT2D eigenvalue weighted by atomic mass is 9.96. The highest BCUT2D eigenvalue weighted by atomic mass is 35.5. The van der Waals surface area contributed by atoms with Crippen LogP contribution in [0.5, 0.6) is 0 Å². The summed E-state index contributed by atoms with van der Waals surface area (Å²) in [5.41, 5.74) is 0.230. The van der Waals surface area contributed by atoms with Crippen molar-refractivity contribution in [2.45, 2.75) is 12.5 Å². The van der Waals surface area contributed by atoms with Crippen LogP contribution in [0.4, 0.5) is 0 Å². The number of hydrogen-bond donors (Lipinski definition) is 1. The van der Waals surface area contributed by atoms with Crippen molar-refractivity contribution >= 4 is 11.6 Å². The number of rotatable bonds is 1. The van der Waals surface area contributed by atoms with Crippen LogP contribution in [0.1, 0.15) is 18.1 Å². The van der Waals surface area contributed by atoms with Crippen LogP contribution >= 0.6 is 11.6 Å². The fourth-order valence-corrected chi connectivity index (χ4v) is 1.96. The van der Waals surface area contributed by atoms with Crippen LogP contribution in [0.3, 0.4) is 0 Å². The van der Waals surface area contributed by atoms with E-state index in [1.165, 1.54) is 0 Å². The van der Waals surface area contributed by atoms with E-state index in [9.17, 15) is 5.11 Å². The molecule has 2 aromatic rings. The number of halogens is 1. The molecule has 18 heavy (non-hydrogen) atoms. The summed E-state index contributed by atoms with van der Waals surface area (Å²) in [6, 6.07) is 16.7. The van der Waals surface area contributed by atoms with Crippen LogP contribution < -0.4 is 0 Å². The van der Waals surface area contributed by atoms with E-state index in [0.29, 0.717) is 10.6 Å². The standard InChI is InChI=1S/C16H13ClO/c1-16(18,14-9-5-6-10-15(14)17)12-11-13-7-3-2-4-8-13/h2-10,18H,1H3. The second kappa shape index (κ2) is 5.27. The average Bonchev–Trinajstić information content (AvgIpc) is 2.38. The molecule has 1 N–H and O–H groups in total. The molecule has 2 rings (SSSR count). The summed E-state index contributed by atoms with van der Waals surface area (Å²) in [6.07, 6.45) is 0. The predicted octanol–water partition coefficient (Wildman–Crippen LogP) is 3.60. The summed E-state index contributed by atoms with van der Waals surface area (Å²) in [4.78, 5) is 0. The predicted molar refractivity (Wildman–Crippen MR) is 74.3 cm³/mol. The van der Waals surface area contributed by atoms with E-state index in [4.69, 9.17) is 11.6 Å². The summed E-state index contributed by atoms with van der Waals surface area (Å²) in [5, 5.41) is 10.9. The molecule has 0 amide bonds. The smallest absolute Gasteiger partial charge is 0.149 e. The van der Waals surface area contributed by atoms with Gasteiger partial charge in [0.25, 0.3) is 0 Å². The quantitative estimate of drug-likeness (QED) is 0.773. The number of aliphatic hydroxyl groups is 1. The molecule has 0 aliphatic heterocycles. The average molecular weight is 257 g/mol. The molecule has 1 unspecified atom stereocenters. The lowest BCUT2D eigenvalue weighted by molar-refractivity contribution is 0.122. The highest BCUT2D eigenvalue weighted by Gasteiger charge is 2.22. The van der Waals surface area contributed by atoms with Crippen LogP contribution in [0.2, 0.25) is 5.02 Å². The molecule has 0 spiro atoms. The van der Waals surface area contributed by atoms with Crippen molar-refractivity contribution in [3.8, 4) is 11.8 Å². The Morgan fingerprint density at radius 2 is 1.61 bits per heavy atom. The summed E-state index contributed by atoms with van der Waals surface area (Å²) in [7, 11) is 0. The first kappa shape index (κ1) is 12.7. The largest absolute Gasteiger partial charge is 0.374 e. The normalized spacial score (nSPS) is 13.3. The number of hydrogen-bond acceptors (Lipinski definition) is 1. The second-order valence-electron chi connectivity index (χ2n) is 4.17. The van der Waals surface area contributed by atoms with Gasteiger partial charge in [0.15, 0.2) is 0 Å². The van der Waals surface area contributed by atoms with Gasteiger partial charge in [0.05, 0.1) is 0 Å². The maximum absolute atomic E-state index is 10.4. The SMILES string of the molecule is CC(O)(C#Cc1ccccc1)c1ccccc1Cl. The minimum Gasteiger partial charge on any atom is -0.374 e. The van der Waals surface area contributed by atoms with Crippen LogP contribution in [-0.4, -0.2) is 5.11 Å². The van der Waals surface area contributed by atoms with Crippen molar-refractivity contribution in [1.82, 2.24) is 0 Å². The molecule has 1 atom stereocenters. The van der Waals surface area contributed by atoms with Gasteiger partial charge in [0.2, 0.25) is 0 Å². The molecule has 0 saturated heterocycles. The van der Waals surface area contributed by atoms with Gasteiger partial charge in [-0.25, -0.2) is 0 Å². The van der Waals surface area contributed by atoms with Gasteiger partial charge in [-0.1, -0.05) is 59.8 Å². The van der Waals surface area contributed by atoms with E-state index in [0.717, 1.165) is 5.56 Å². The van der Waals surface area contributed by atoms with Gasteiger partial charge < -0.3 is 5.11 Å². The van der Waals surface area contributed by atoms with Gasteiger partial charge in [0, 0.05) is 16.1 Å². The van der Waals surface area contributed by atoms with Gasteiger partial charge in [-0.15, -0.1) is 0 Å². The van der Waals surface area contributed by atoms with Gasteiger partial charge in [-0.05, 0) is 25.1 Å². The van der Waals surface area contributed by atoms with Crippen molar-refractivity contribution in [3.63, 3.8) is 0 Å². The van der Waals surface area contributed by atoms with E-state index >= 15 is 0 Å². The van der Waals surface area contributed by atoms with Crippen LogP contribution in [-0.2, 0) is 5.60 Å². The van der Waals surface area contributed by atoms with Gasteiger partial charge in [-0.2, -0.15) is 0 Å². The summed E-state index contributed by atoms with van der Waals surface area (Å²) >= 11 is 6.06. The lowest BCUT2D eigenvalue weighted by Gasteiger charge is -2.18.